The zero-order chi connectivity index (χ0) is 35.4. The van der Waals surface area contributed by atoms with Gasteiger partial charge in [0, 0.05) is 37.8 Å². The number of methoxy groups -OCH3 is 1. The first kappa shape index (κ1) is 34.1. The quantitative estimate of drug-likeness (QED) is 0.216. The van der Waals surface area contributed by atoms with Crippen molar-refractivity contribution in [3.63, 3.8) is 0 Å². The van der Waals surface area contributed by atoms with Crippen LogP contribution in [-0.4, -0.2) is 76.8 Å². The SMILES string of the molecule is COCOc1cccc(F)c1-c1nc2c(cc1F)c1c(c(=O)n2-c2c(C)ccnc2C(C)C)OC[C@H]2CN(C(=O)OC(C)(C)C)[C@H](C)CN12. The lowest BCUT2D eigenvalue weighted by atomic mass is 10.0. The first-order valence-electron chi connectivity index (χ1n) is 16.3. The number of hydrogen-bond donors (Lipinski definition) is 0. The van der Waals surface area contributed by atoms with Crippen molar-refractivity contribution in [1.82, 2.24) is 19.4 Å². The van der Waals surface area contributed by atoms with Crippen molar-refractivity contribution in [2.24, 2.45) is 0 Å². The van der Waals surface area contributed by atoms with E-state index in [1.54, 1.807) is 37.9 Å². The summed E-state index contributed by atoms with van der Waals surface area (Å²) in [5, 5.41) is 0.284. The molecule has 0 N–H and O–H groups in total. The monoisotopic (exact) mass is 677 g/mol. The highest BCUT2D eigenvalue weighted by atomic mass is 19.1. The molecule has 1 fully saturated rings. The van der Waals surface area contributed by atoms with Crippen molar-refractivity contribution < 1.29 is 32.5 Å². The third kappa shape index (κ3) is 6.16. The summed E-state index contributed by atoms with van der Waals surface area (Å²) in [4.78, 5) is 40.8. The molecule has 3 aromatic heterocycles. The topological polar surface area (TPSA) is 108 Å². The average Bonchev–Trinajstić information content (AvgIpc) is 3.03. The number of anilines is 1. The Bertz CT molecular complexity index is 1990. The van der Waals surface area contributed by atoms with Gasteiger partial charge in [0.2, 0.25) is 5.75 Å². The molecule has 0 saturated carbocycles. The molecule has 13 heteroatoms. The van der Waals surface area contributed by atoms with Crippen LogP contribution in [0.3, 0.4) is 0 Å². The fraction of sp³-hybridized carbons (Fsp3) is 0.444. The van der Waals surface area contributed by atoms with Crippen LogP contribution in [0.2, 0.25) is 0 Å². The summed E-state index contributed by atoms with van der Waals surface area (Å²) in [6.45, 7) is 13.5. The number of pyridine rings is 3. The van der Waals surface area contributed by atoms with Crippen molar-refractivity contribution in [3.05, 3.63) is 69.8 Å². The van der Waals surface area contributed by atoms with Gasteiger partial charge in [0.15, 0.2) is 18.3 Å². The molecule has 0 aliphatic carbocycles. The van der Waals surface area contributed by atoms with Gasteiger partial charge in [0.05, 0.1) is 28.7 Å². The van der Waals surface area contributed by atoms with Crippen LogP contribution in [0.15, 0.2) is 41.3 Å². The van der Waals surface area contributed by atoms with Crippen molar-refractivity contribution in [2.75, 3.05) is 38.5 Å². The molecule has 6 rings (SSSR count). The molecule has 0 radical (unpaired) electrons. The van der Waals surface area contributed by atoms with Crippen molar-refractivity contribution in [1.29, 1.82) is 0 Å². The normalized spacial score (nSPS) is 17.5. The third-order valence-electron chi connectivity index (χ3n) is 8.68. The molecule has 1 saturated heterocycles. The predicted molar refractivity (Wildman–Crippen MR) is 181 cm³/mol. The molecule has 1 aromatic carbocycles. The third-order valence-corrected chi connectivity index (χ3v) is 8.68. The van der Waals surface area contributed by atoms with Crippen LogP contribution in [0.25, 0.3) is 28.0 Å². The predicted octanol–water partition coefficient (Wildman–Crippen LogP) is 6.35. The highest BCUT2D eigenvalue weighted by Gasteiger charge is 2.42. The number of halogens is 2. The molecular formula is C36H41F2N5O6. The van der Waals surface area contributed by atoms with Gasteiger partial charge in [-0.3, -0.25) is 14.3 Å². The van der Waals surface area contributed by atoms with Gasteiger partial charge in [-0.2, -0.15) is 0 Å². The van der Waals surface area contributed by atoms with Gasteiger partial charge in [0.1, 0.15) is 29.5 Å². The molecule has 49 heavy (non-hydrogen) atoms. The van der Waals surface area contributed by atoms with E-state index in [1.165, 1.54) is 35.9 Å². The molecule has 2 aliphatic rings. The second kappa shape index (κ2) is 12.9. The van der Waals surface area contributed by atoms with Crippen LogP contribution in [0.1, 0.15) is 58.7 Å². The Labute approximate surface area is 283 Å². The minimum absolute atomic E-state index is 0.0235. The highest BCUT2D eigenvalue weighted by molar-refractivity contribution is 5.96. The number of rotatable bonds is 6. The van der Waals surface area contributed by atoms with E-state index in [4.69, 9.17) is 23.9 Å². The van der Waals surface area contributed by atoms with Crippen LogP contribution in [-0.2, 0) is 9.47 Å². The highest BCUT2D eigenvalue weighted by Crippen LogP contribution is 2.43. The van der Waals surface area contributed by atoms with E-state index in [-0.39, 0.29) is 71.7 Å². The van der Waals surface area contributed by atoms with Gasteiger partial charge in [-0.05, 0) is 70.4 Å². The summed E-state index contributed by atoms with van der Waals surface area (Å²) in [6, 6.07) is 6.48. The maximum atomic E-state index is 16.5. The van der Waals surface area contributed by atoms with Gasteiger partial charge in [-0.25, -0.2) is 18.6 Å². The number of carbonyl (C=O) groups excluding carboxylic acids is 1. The molecule has 2 aliphatic heterocycles. The van der Waals surface area contributed by atoms with E-state index >= 15 is 8.78 Å². The van der Waals surface area contributed by atoms with Crippen LogP contribution in [0.5, 0.6) is 11.5 Å². The molecular weight excluding hydrogens is 636 g/mol. The van der Waals surface area contributed by atoms with Crippen LogP contribution in [0.4, 0.5) is 19.3 Å². The number of hydrogen-bond acceptors (Lipinski definition) is 9. The number of fused-ring (bicyclic) bond motifs is 5. The van der Waals surface area contributed by atoms with Crippen LogP contribution < -0.4 is 19.9 Å². The Morgan fingerprint density at radius 3 is 2.57 bits per heavy atom. The Morgan fingerprint density at radius 2 is 1.88 bits per heavy atom. The minimum Gasteiger partial charge on any atom is -0.484 e. The lowest BCUT2D eigenvalue weighted by Gasteiger charge is -2.48. The number of aromatic nitrogens is 3. The smallest absolute Gasteiger partial charge is 0.410 e. The standard InChI is InChI=1S/C36H41F2N5O6/c1-19(2)28-30(20(3)12-13-39-28)43-33-23(14-25(38)29(40-33)27-24(37)10-9-11-26(27)48-18-46-8)31-32(34(43)44)47-17-22-16-41(21(4)15-42(22)31)35(45)49-36(5,6)7/h9-14,19,21-22H,15-18H2,1-8H3/t21-,22-/m1/s1. The Morgan fingerprint density at radius 1 is 1.12 bits per heavy atom. The summed E-state index contributed by atoms with van der Waals surface area (Å²) >= 11 is 0. The summed E-state index contributed by atoms with van der Waals surface area (Å²) < 4.78 is 55.9. The fourth-order valence-corrected chi connectivity index (χ4v) is 6.51. The van der Waals surface area contributed by atoms with Crippen molar-refractivity contribution >= 4 is 22.8 Å². The van der Waals surface area contributed by atoms with E-state index in [0.717, 1.165) is 5.56 Å². The first-order chi connectivity index (χ1) is 23.2. The van der Waals surface area contributed by atoms with Gasteiger partial charge in [-0.15, -0.1) is 0 Å². The lowest BCUT2D eigenvalue weighted by molar-refractivity contribution is 0.00991. The Kier molecular flexibility index (Phi) is 8.99. The van der Waals surface area contributed by atoms with E-state index in [9.17, 15) is 9.59 Å². The van der Waals surface area contributed by atoms with Crippen LogP contribution in [0, 0.1) is 18.6 Å². The molecule has 0 spiro atoms. The number of nitrogens with zero attached hydrogens (tertiary/aromatic N) is 5. The maximum Gasteiger partial charge on any atom is 0.410 e. The molecule has 2 atom stereocenters. The largest absolute Gasteiger partial charge is 0.484 e. The van der Waals surface area contributed by atoms with Gasteiger partial charge in [-0.1, -0.05) is 19.9 Å². The van der Waals surface area contributed by atoms with Gasteiger partial charge < -0.3 is 28.7 Å². The van der Waals surface area contributed by atoms with Crippen molar-refractivity contribution in [3.8, 4) is 28.4 Å². The van der Waals surface area contributed by atoms with Gasteiger partial charge in [0.25, 0.3) is 0 Å². The Balaban J connectivity index is 1.62. The summed E-state index contributed by atoms with van der Waals surface area (Å²) in [5.74, 6) is -1.64. The molecule has 1 amide bonds. The fourth-order valence-electron chi connectivity index (χ4n) is 6.51. The second-order valence-electron chi connectivity index (χ2n) is 13.8. The number of benzene rings is 1. The number of piperazine rings is 1. The van der Waals surface area contributed by atoms with E-state index < -0.39 is 28.9 Å². The molecule has 5 heterocycles. The van der Waals surface area contributed by atoms with Gasteiger partial charge >= 0.3 is 11.7 Å². The number of ether oxygens (including phenoxy) is 4. The first-order valence-corrected chi connectivity index (χ1v) is 16.3. The zero-order valence-electron chi connectivity index (χ0n) is 29.0. The van der Waals surface area contributed by atoms with E-state index in [1.807, 2.05) is 32.6 Å². The summed E-state index contributed by atoms with van der Waals surface area (Å²) in [7, 11) is 1.42. The number of aryl methyl sites for hydroxylation is 1. The average molecular weight is 678 g/mol. The Hall–Kier alpha value is -4.78. The molecule has 11 nitrogen and oxygen atoms in total. The molecule has 0 bridgehead atoms. The van der Waals surface area contributed by atoms with Crippen molar-refractivity contribution in [2.45, 2.75) is 72.1 Å². The maximum absolute atomic E-state index is 16.5. The zero-order valence-corrected chi connectivity index (χ0v) is 29.0. The van der Waals surface area contributed by atoms with Crippen LogP contribution >= 0.6 is 0 Å². The van der Waals surface area contributed by atoms with E-state index in [0.29, 0.717) is 23.6 Å². The summed E-state index contributed by atoms with van der Waals surface area (Å²) in [6.07, 6.45) is 1.22. The minimum atomic E-state index is -0.832. The second-order valence-corrected chi connectivity index (χ2v) is 13.8. The molecule has 260 valence electrons. The lowest BCUT2D eigenvalue weighted by Crippen LogP contribution is -2.62. The number of carbonyl (C=O) groups is 1. The molecule has 0 unspecified atom stereocenters. The number of amides is 1. The van der Waals surface area contributed by atoms with E-state index in [2.05, 4.69) is 4.98 Å². The molecule has 4 aromatic rings. The summed E-state index contributed by atoms with van der Waals surface area (Å²) in [5.41, 5.74) is 0.540.